The van der Waals surface area contributed by atoms with Crippen molar-refractivity contribution >= 4 is 35.5 Å². The smallest absolute Gasteiger partial charge is 0.354 e. The van der Waals surface area contributed by atoms with Gasteiger partial charge in [-0.15, -0.1) is 0 Å². The zero-order valence-electron chi connectivity index (χ0n) is 20.9. The molecule has 0 spiro atoms. The Morgan fingerprint density at radius 3 is 1.56 bits per heavy atom. The molecule has 0 bridgehead atoms. The molecule has 0 unspecified atom stereocenters. The van der Waals surface area contributed by atoms with E-state index < -0.39 is 69.2 Å². The van der Waals surface area contributed by atoms with Gasteiger partial charge in [-0.3, -0.25) is 9.59 Å². The Labute approximate surface area is 224 Å². The molecule has 0 atom stereocenters. The lowest BCUT2D eigenvalue weighted by molar-refractivity contribution is -0.111. The van der Waals surface area contributed by atoms with E-state index in [2.05, 4.69) is 0 Å². The molecule has 2 aromatic rings. The molecular weight excluding hydrogens is 552 g/mol. The summed E-state index contributed by atoms with van der Waals surface area (Å²) in [6.07, 6.45) is 0.264. The molecule has 0 radical (unpaired) electrons. The summed E-state index contributed by atoms with van der Waals surface area (Å²) in [5.74, 6) is -5.74. The number of rotatable bonds is 12. The second-order valence-corrected chi connectivity index (χ2v) is 7.68. The lowest BCUT2D eigenvalue weighted by Gasteiger charge is -2.18. The van der Waals surface area contributed by atoms with E-state index in [4.69, 9.17) is 51.0 Å². The Hall–Kier alpha value is -4.09. The third kappa shape index (κ3) is 8.45. The first-order valence-corrected chi connectivity index (χ1v) is 10.8. The van der Waals surface area contributed by atoms with Gasteiger partial charge < -0.3 is 48.5 Å². The molecule has 4 N–H and O–H groups in total. The van der Waals surface area contributed by atoms with Crippen molar-refractivity contribution in [2.45, 2.75) is 25.7 Å². The lowest BCUT2D eigenvalue weighted by Crippen LogP contribution is -2.29. The Bertz CT molecular complexity index is 1340. The minimum absolute atomic E-state index is 0.0603. The number of ether oxygens (including phenoxy) is 4. The SMILES string of the molecule is COC(Cn1cc(C(=O)O)c(=O)c(Cl)c1C(=O)O)OC.COC(Cn1cc(C(=O)O)c(=O)cc1C(=O)O)OC. The van der Waals surface area contributed by atoms with E-state index in [1.165, 1.54) is 28.4 Å². The molecule has 2 rings (SSSR count). The van der Waals surface area contributed by atoms with Crippen LogP contribution in [-0.4, -0.2) is 94.5 Å². The van der Waals surface area contributed by atoms with Crippen molar-refractivity contribution < 1.29 is 58.6 Å². The van der Waals surface area contributed by atoms with E-state index in [-0.39, 0.29) is 18.8 Å². The van der Waals surface area contributed by atoms with Gasteiger partial charge in [-0.05, 0) is 0 Å². The average molecular weight is 577 g/mol. The zero-order valence-corrected chi connectivity index (χ0v) is 21.7. The normalized spacial score (nSPS) is 10.7. The molecule has 0 aliphatic rings. The summed E-state index contributed by atoms with van der Waals surface area (Å²) in [5, 5.41) is 35.2. The fraction of sp³-hybridized carbons (Fsp3) is 0.364. The van der Waals surface area contributed by atoms with Crippen LogP contribution in [0.3, 0.4) is 0 Å². The first kappa shape index (κ1) is 32.9. The molecule has 0 saturated carbocycles. The van der Waals surface area contributed by atoms with Gasteiger partial charge in [0, 0.05) is 46.9 Å². The standard InChI is InChI=1S/C11H12ClNO7.C11H13NO7/c1-19-6(20-2)4-13-3-5(10(15)16)9(14)7(12)8(13)11(17)18;1-18-9(19-2)5-12-4-6(10(14)15)8(13)3-7(12)11(16)17/h3,6H,4H2,1-2H3,(H,15,16)(H,17,18);3-4,9H,5H2,1-2H3,(H,14,15)(H,16,17). The van der Waals surface area contributed by atoms with Gasteiger partial charge in [0.25, 0.3) is 0 Å². The van der Waals surface area contributed by atoms with Crippen molar-refractivity contribution in [1.29, 1.82) is 0 Å². The molecule has 2 aromatic heterocycles. The fourth-order valence-electron chi connectivity index (χ4n) is 3.03. The van der Waals surface area contributed by atoms with Crippen LogP contribution in [-0.2, 0) is 32.0 Å². The summed E-state index contributed by atoms with van der Waals surface area (Å²) < 4.78 is 21.7. The van der Waals surface area contributed by atoms with Crippen LogP contribution in [0.1, 0.15) is 41.7 Å². The second-order valence-electron chi connectivity index (χ2n) is 7.30. The molecule has 214 valence electrons. The Kier molecular flexibility index (Phi) is 12.5. The summed E-state index contributed by atoms with van der Waals surface area (Å²) in [7, 11) is 5.37. The first-order valence-electron chi connectivity index (χ1n) is 10.5. The van der Waals surface area contributed by atoms with E-state index in [0.29, 0.717) is 0 Å². The number of carboxylic acid groups (broad SMARTS) is 4. The van der Waals surface area contributed by atoms with E-state index >= 15 is 0 Å². The summed E-state index contributed by atoms with van der Waals surface area (Å²) in [4.78, 5) is 67.1. The summed E-state index contributed by atoms with van der Waals surface area (Å²) in [5.41, 5.74) is -3.94. The number of pyridine rings is 2. The number of nitrogens with zero attached hydrogens (tertiary/aromatic N) is 2. The Morgan fingerprint density at radius 2 is 1.18 bits per heavy atom. The summed E-state index contributed by atoms with van der Waals surface area (Å²) in [6, 6.07) is 0.758. The highest BCUT2D eigenvalue weighted by Gasteiger charge is 2.24. The maximum absolute atomic E-state index is 11.7. The van der Waals surface area contributed by atoms with Gasteiger partial charge in [-0.1, -0.05) is 11.6 Å². The molecule has 17 heteroatoms. The van der Waals surface area contributed by atoms with Gasteiger partial charge in [-0.2, -0.15) is 0 Å². The average Bonchev–Trinajstić information content (AvgIpc) is 2.87. The predicted molar refractivity (Wildman–Crippen MR) is 130 cm³/mol. The molecule has 0 aliphatic carbocycles. The maximum atomic E-state index is 11.7. The molecule has 0 saturated heterocycles. The highest BCUT2D eigenvalue weighted by molar-refractivity contribution is 6.33. The number of hydrogen-bond acceptors (Lipinski definition) is 10. The number of halogens is 1. The van der Waals surface area contributed by atoms with Crippen molar-refractivity contribution in [2.75, 3.05) is 28.4 Å². The lowest BCUT2D eigenvalue weighted by atomic mass is 10.2. The zero-order chi connectivity index (χ0) is 30.0. The van der Waals surface area contributed by atoms with Gasteiger partial charge in [0.05, 0.1) is 13.1 Å². The van der Waals surface area contributed by atoms with Crippen LogP contribution in [0.5, 0.6) is 0 Å². The minimum Gasteiger partial charge on any atom is -0.477 e. The highest BCUT2D eigenvalue weighted by atomic mass is 35.5. The molecule has 0 aromatic carbocycles. The fourth-order valence-corrected chi connectivity index (χ4v) is 3.32. The maximum Gasteiger partial charge on any atom is 0.354 e. The van der Waals surface area contributed by atoms with Crippen LogP contribution in [0.4, 0.5) is 0 Å². The number of aromatic nitrogens is 2. The van der Waals surface area contributed by atoms with Crippen LogP contribution in [0, 0.1) is 0 Å². The third-order valence-electron chi connectivity index (χ3n) is 4.98. The highest BCUT2D eigenvalue weighted by Crippen LogP contribution is 2.15. The topological polar surface area (TPSA) is 230 Å². The Balaban J connectivity index is 0.000000391. The number of hydrogen-bond donors (Lipinski definition) is 4. The van der Waals surface area contributed by atoms with Crippen molar-refractivity contribution in [3.8, 4) is 0 Å². The van der Waals surface area contributed by atoms with Crippen molar-refractivity contribution in [2.24, 2.45) is 0 Å². The Morgan fingerprint density at radius 1 is 0.744 bits per heavy atom. The molecule has 0 fully saturated rings. The van der Waals surface area contributed by atoms with Crippen LogP contribution < -0.4 is 10.9 Å². The van der Waals surface area contributed by atoms with Gasteiger partial charge in [0.15, 0.2) is 18.0 Å². The minimum atomic E-state index is -1.51. The largest absolute Gasteiger partial charge is 0.477 e. The molecule has 0 amide bonds. The van der Waals surface area contributed by atoms with Crippen LogP contribution >= 0.6 is 11.6 Å². The molecule has 16 nitrogen and oxygen atoms in total. The first-order chi connectivity index (χ1) is 18.2. The molecular formula is C22H25ClN2O14. The monoisotopic (exact) mass is 576 g/mol. The van der Waals surface area contributed by atoms with Crippen LogP contribution in [0.25, 0.3) is 0 Å². The van der Waals surface area contributed by atoms with Gasteiger partial charge in [0.2, 0.25) is 5.43 Å². The summed E-state index contributed by atoms with van der Waals surface area (Å²) in [6.45, 7) is -0.204. The number of carbonyl (C=O) groups is 4. The van der Waals surface area contributed by atoms with E-state index in [0.717, 1.165) is 27.6 Å². The summed E-state index contributed by atoms with van der Waals surface area (Å²) >= 11 is 5.65. The predicted octanol–water partition coefficient (Wildman–Crippen LogP) is 0.381. The molecule has 0 aliphatic heterocycles. The van der Waals surface area contributed by atoms with Gasteiger partial charge in [0.1, 0.15) is 27.5 Å². The van der Waals surface area contributed by atoms with Gasteiger partial charge >= 0.3 is 23.9 Å². The van der Waals surface area contributed by atoms with Crippen molar-refractivity contribution in [3.63, 3.8) is 0 Å². The van der Waals surface area contributed by atoms with Crippen molar-refractivity contribution in [3.05, 3.63) is 66.4 Å². The van der Waals surface area contributed by atoms with Crippen LogP contribution in [0.15, 0.2) is 28.0 Å². The molecule has 39 heavy (non-hydrogen) atoms. The number of methoxy groups -OCH3 is 4. The van der Waals surface area contributed by atoms with E-state index in [1.54, 1.807) is 0 Å². The van der Waals surface area contributed by atoms with E-state index in [9.17, 15) is 28.8 Å². The molecule has 2 heterocycles. The van der Waals surface area contributed by atoms with Gasteiger partial charge in [-0.25, -0.2) is 19.2 Å². The van der Waals surface area contributed by atoms with E-state index in [1.807, 2.05) is 0 Å². The van der Waals surface area contributed by atoms with Crippen molar-refractivity contribution in [1.82, 2.24) is 9.13 Å². The third-order valence-corrected chi connectivity index (χ3v) is 5.33. The number of aromatic carboxylic acids is 4. The quantitative estimate of drug-likeness (QED) is 0.250. The van der Waals surface area contributed by atoms with Crippen LogP contribution in [0.2, 0.25) is 5.02 Å². The number of carboxylic acids is 4. The second kappa shape index (κ2) is 14.7.